The Morgan fingerprint density at radius 3 is 1.81 bits per heavy atom. The number of rotatable bonds is 7. The molecule has 4 heterocycles. The van der Waals surface area contributed by atoms with Crippen molar-refractivity contribution in [3.05, 3.63) is 36.4 Å². The second kappa shape index (κ2) is 16.1. The Hall–Kier alpha value is -3.41. The molecule has 47 heavy (non-hydrogen) atoms. The van der Waals surface area contributed by atoms with E-state index in [2.05, 4.69) is 30.2 Å². The van der Waals surface area contributed by atoms with Crippen molar-refractivity contribution in [2.24, 2.45) is 17.6 Å². The van der Waals surface area contributed by atoms with Gasteiger partial charge in [0.05, 0.1) is 18.7 Å². The van der Waals surface area contributed by atoms with Crippen LogP contribution in [0.25, 0.3) is 0 Å². The number of H-pyrrole nitrogens is 2. The summed E-state index contributed by atoms with van der Waals surface area (Å²) in [5.74, 6) is 1.43. The molecule has 2 saturated carbocycles. The summed E-state index contributed by atoms with van der Waals surface area (Å²) in [5.41, 5.74) is 7.27. The number of carbonyl (C=O) groups excluding carboxylic acids is 3. The lowest BCUT2D eigenvalue weighted by Crippen LogP contribution is -2.57. The molecule has 2 aliphatic heterocycles. The molecule has 2 aliphatic carbocycles. The van der Waals surface area contributed by atoms with E-state index in [1.54, 1.807) is 25.0 Å². The van der Waals surface area contributed by atoms with Crippen molar-refractivity contribution in [2.75, 3.05) is 13.1 Å². The molecule has 260 valence electrons. The number of carbonyl (C=O) groups is 3. The zero-order chi connectivity index (χ0) is 33.4. The standard InChI is InChI=1S/C20H32N4O3.C15H24N4O/c1-20(2,3)27-19(26)23-16(11-15-12-21-13-22-15)18(25)24-10-6-8-14-7-4-5-9-17(14)24;16-13(8-12-9-17-10-18-12)15(20)19-7-3-5-11-4-1-2-6-14(11)19/h12-14,16-17H,4-11H2,1-3H3,(H,21,22)(H,23,26);9-11,13-14H,1-8,16H2,(H,17,18)/t14-,16-,17+;11-,13-,14+/m11/s1. The summed E-state index contributed by atoms with van der Waals surface area (Å²) >= 11 is 0. The fourth-order valence-corrected chi connectivity index (χ4v) is 8.20. The SMILES string of the molecule is CC(C)(C)OC(=O)N[C@H](Cc1cnc[nH]1)C(=O)N1CCC[C@H]2CCCC[C@@H]21.N[C@H](Cc1cnc[nH]1)C(=O)N1CCC[C@H]2CCCC[C@@H]21. The first-order valence-corrected chi connectivity index (χ1v) is 17.9. The van der Waals surface area contributed by atoms with Crippen LogP contribution in [-0.2, 0) is 27.2 Å². The molecule has 2 aromatic rings. The number of amides is 3. The monoisotopic (exact) mass is 652 g/mol. The molecule has 2 saturated heterocycles. The molecule has 6 rings (SSSR count). The van der Waals surface area contributed by atoms with E-state index in [0.29, 0.717) is 36.8 Å². The van der Waals surface area contributed by atoms with Gasteiger partial charge in [-0.1, -0.05) is 25.7 Å². The van der Waals surface area contributed by atoms with Gasteiger partial charge >= 0.3 is 6.09 Å². The molecule has 0 unspecified atom stereocenters. The summed E-state index contributed by atoms with van der Waals surface area (Å²) in [5, 5.41) is 2.80. The van der Waals surface area contributed by atoms with E-state index in [1.165, 1.54) is 51.4 Å². The highest BCUT2D eigenvalue weighted by molar-refractivity contribution is 5.86. The maximum Gasteiger partial charge on any atom is 0.408 e. The number of fused-ring (bicyclic) bond motifs is 2. The second-order valence-electron chi connectivity index (χ2n) is 14.9. The Balaban J connectivity index is 0.000000193. The van der Waals surface area contributed by atoms with Crippen LogP contribution >= 0.6 is 0 Å². The van der Waals surface area contributed by atoms with Crippen LogP contribution in [0.5, 0.6) is 0 Å². The largest absolute Gasteiger partial charge is 0.444 e. The number of aromatic amines is 2. The predicted molar refractivity (Wildman–Crippen MR) is 179 cm³/mol. The molecule has 0 bridgehead atoms. The summed E-state index contributed by atoms with van der Waals surface area (Å²) < 4.78 is 5.38. The van der Waals surface area contributed by atoms with Crippen molar-refractivity contribution < 1.29 is 19.1 Å². The summed E-state index contributed by atoms with van der Waals surface area (Å²) in [6.07, 6.45) is 21.4. The third kappa shape index (κ3) is 9.58. The van der Waals surface area contributed by atoms with Crippen LogP contribution in [0.1, 0.15) is 109 Å². The minimum absolute atomic E-state index is 0.00735. The van der Waals surface area contributed by atoms with E-state index in [0.717, 1.165) is 50.2 Å². The van der Waals surface area contributed by atoms with Gasteiger partial charge in [-0.25, -0.2) is 14.8 Å². The quantitative estimate of drug-likeness (QED) is 0.343. The molecule has 12 heteroatoms. The molecule has 4 aliphatic rings. The first-order chi connectivity index (χ1) is 22.6. The van der Waals surface area contributed by atoms with E-state index in [1.807, 2.05) is 25.7 Å². The number of piperidine rings is 2. The molecule has 5 N–H and O–H groups in total. The summed E-state index contributed by atoms with van der Waals surface area (Å²) in [6, 6.07) is -0.348. The molecule has 3 amide bonds. The average molecular weight is 653 g/mol. The molecular weight excluding hydrogens is 596 g/mol. The van der Waals surface area contributed by atoms with Crippen LogP contribution in [0, 0.1) is 11.8 Å². The van der Waals surface area contributed by atoms with Gasteiger partial charge in [-0.2, -0.15) is 0 Å². The van der Waals surface area contributed by atoms with Crippen LogP contribution in [0.4, 0.5) is 4.79 Å². The fraction of sp³-hybridized carbons (Fsp3) is 0.743. The third-order valence-electron chi connectivity index (χ3n) is 10.3. The number of likely N-dealkylation sites (tertiary alicyclic amines) is 2. The molecule has 12 nitrogen and oxygen atoms in total. The smallest absolute Gasteiger partial charge is 0.408 e. The molecule has 0 radical (unpaired) electrons. The molecular formula is C35H56N8O4. The first kappa shape index (κ1) is 34.9. The van der Waals surface area contributed by atoms with Gasteiger partial charge in [0, 0.05) is 61.8 Å². The Kier molecular flexibility index (Phi) is 12.0. The minimum Gasteiger partial charge on any atom is -0.444 e. The van der Waals surface area contributed by atoms with E-state index in [-0.39, 0.29) is 11.8 Å². The Labute approximate surface area is 279 Å². The number of hydrogen-bond donors (Lipinski definition) is 4. The second-order valence-corrected chi connectivity index (χ2v) is 14.9. The van der Waals surface area contributed by atoms with Crippen molar-refractivity contribution in [2.45, 2.75) is 140 Å². The zero-order valence-corrected chi connectivity index (χ0v) is 28.6. The Morgan fingerprint density at radius 1 is 0.809 bits per heavy atom. The highest BCUT2D eigenvalue weighted by Crippen LogP contribution is 2.36. The normalized spacial score (nSPS) is 25.7. The maximum atomic E-state index is 13.4. The van der Waals surface area contributed by atoms with Crippen LogP contribution in [-0.4, -0.2) is 90.5 Å². The molecule has 4 fully saturated rings. The molecule has 2 aromatic heterocycles. The van der Waals surface area contributed by atoms with Gasteiger partial charge in [0.2, 0.25) is 11.8 Å². The number of nitrogens with zero attached hydrogens (tertiary/aromatic N) is 4. The molecule has 0 aromatic carbocycles. The lowest BCUT2D eigenvalue weighted by molar-refractivity contribution is -0.140. The van der Waals surface area contributed by atoms with Gasteiger partial charge in [0.15, 0.2) is 0 Å². The van der Waals surface area contributed by atoms with Crippen molar-refractivity contribution in [3.8, 4) is 0 Å². The average Bonchev–Trinajstić information content (AvgIpc) is 3.77. The third-order valence-corrected chi connectivity index (χ3v) is 10.3. The van der Waals surface area contributed by atoms with Gasteiger partial charge < -0.3 is 35.6 Å². The van der Waals surface area contributed by atoms with Crippen molar-refractivity contribution in [3.63, 3.8) is 0 Å². The van der Waals surface area contributed by atoms with Gasteiger partial charge in [0.1, 0.15) is 11.6 Å². The van der Waals surface area contributed by atoms with E-state index < -0.39 is 23.8 Å². The lowest BCUT2D eigenvalue weighted by Gasteiger charge is -2.45. The van der Waals surface area contributed by atoms with Gasteiger partial charge in [-0.3, -0.25) is 9.59 Å². The number of nitrogens with one attached hydrogen (secondary N) is 3. The highest BCUT2D eigenvalue weighted by atomic mass is 16.6. The van der Waals surface area contributed by atoms with E-state index in [9.17, 15) is 14.4 Å². The number of ether oxygens (including phenoxy) is 1. The number of aromatic nitrogens is 4. The summed E-state index contributed by atoms with van der Waals surface area (Å²) in [4.78, 5) is 56.5. The van der Waals surface area contributed by atoms with Gasteiger partial charge in [-0.05, 0) is 84.0 Å². The van der Waals surface area contributed by atoms with E-state index in [4.69, 9.17) is 10.5 Å². The van der Waals surface area contributed by atoms with Gasteiger partial charge in [-0.15, -0.1) is 0 Å². The number of alkyl carbamates (subject to hydrolysis) is 1. The van der Waals surface area contributed by atoms with E-state index >= 15 is 0 Å². The Morgan fingerprint density at radius 2 is 1.30 bits per heavy atom. The van der Waals surface area contributed by atoms with Crippen LogP contribution in [0.15, 0.2) is 25.0 Å². The summed E-state index contributed by atoms with van der Waals surface area (Å²) in [6.45, 7) is 7.10. The first-order valence-electron chi connectivity index (χ1n) is 17.9. The Bertz CT molecular complexity index is 1270. The number of hydrogen-bond acceptors (Lipinski definition) is 7. The number of nitrogens with two attached hydrogens (primary N) is 1. The van der Waals surface area contributed by atoms with Crippen molar-refractivity contribution in [1.82, 2.24) is 35.1 Å². The molecule has 6 atom stereocenters. The predicted octanol–water partition coefficient (Wildman–Crippen LogP) is 4.49. The van der Waals surface area contributed by atoms with Crippen LogP contribution < -0.4 is 11.1 Å². The lowest BCUT2D eigenvalue weighted by atomic mass is 9.78. The van der Waals surface area contributed by atoms with Gasteiger partial charge in [0.25, 0.3) is 0 Å². The number of imidazole rings is 2. The minimum atomic E-state index is -0.652. The van der Waals surface area contributed by atoms with Crippen molar-refractivity contribution >= 4 is 17.9 Å². The zero-order valence-electron chi connectivity index (χ0n) is 28.6. The summed E-state index contributed by atoms with van der Waals surface area (Å²) in [7, 11) is 0. The van der Waals surface area contributed by atoms with Crippen molar-refractivity contribution in [1.29, 1.82) is 0 Å². The fourth-order valence-electron chi connectivity index (χ4n) is 8.20. The van der Waals surface area contributed by atoms with Crippen LogP contribution in [0.2, 0.25) is 0 Å². The highest BCUT2D eigenvalue weighted by Gasteiger charge is 2.39. The molecule has 0 spiro atoms. The maximum absolute atomic E-state index is 13.4. The topological polar surface area (TPSA) is 162 Å². The van der Waals surface area contributed by atoms with Crippen LogP contribution in [0.3, 0.4) is 0 Å².